The molecule has 0 bridgehead atoms. The zero-order valence-electron chi connectivity index (χ0n) is 9.61. The van der Waals surface area contributed by atoms with Crippen molar-refractivity contribution in [3.05, 3.63) is 12.4 Å². The molecule has 1 saturated heterocycles. The Hall–Kier alpha value is -1.03. The van der Waals surface area contributed by atoms with E-state index < -0.39 is 0 Å². The molecule has 0 saturated carbocycles. The average molecular weight is 208 g/mol. The van der Waals surface area contributed by atoms with E-state index in [9.17, 15) is 0 Å². The van der Waals surface area contributed by atoms with Crippen molar-refractivity contribution < 1.29 is 0 Å². The molecule has 1 unspecified atom stereocenters. The largest absolute Gasteiger partial charge is 0.354 e. The number of likely N-dealkylation sites (tertiary alicyclic amines) is 1. The van der Waals surface area contributed by atoms with Gasteiger partial charge < -0.3 is 14.8 Å². The first-order valence-electron chi connectivity index (χ1n) is 5.76. The van der Waals surface area contributed by atoms with E-state index in [1.165, 1.54) is 19.4 Å². The van der Waals surface area contributed by atoms with Gasteiger partial charge in [0.05, 0.1) is 0 Å². The van der Waals surface area contributed by atoms with Gasteiger partial charge in [-0.1, -0.05) is 0 Å². The minimum atomic E-state index is 0.673. The van der Waals surface area contributed by atoms with Gasteiger partial charge in [-0.3, -0.25) is 0 Å². The summed E-state index contributed by atoms with van der Waals surface area (Å²) in [5.41, 5.74) is 0. The molecule has 2 heterocycles. The van der Waals surface area contributed by atoms with Crippen molar-refractivity contribution in [2.75, 3.05) is 25.5 Å². The van der Waals surface area contributed by atoms with Crippen molar-refractivity contribution in [2.24, 2.45) is 0 Å². The van der Waals surface area contributed by atoms with Gasteiger partial charge >= 0.3 is 0 Å². The predicted octanol–water partition coefficient (Wildman–Crippen LogP) is 1.41. The van der Waals surface area contributed by atoms with E-state index in [1.54, 1.807) is 0 Å². The van der Waals surface area contributed by atoms with E-state index in [0.717, 1.165) is 19.0 Å². The zero-order valence-corrected chi connectivity index (χ0v) is 9.61. The number of hydrogen-bond acceptors (Lipinski definition) is 3. The molecule has 1 aromatic heterocycles. The van der Waals surface area contributed by atoms with Crippen molar-refractivity contribution in [1.82, 2.24) is 14.5 Å². The summed E-state index contributed by atoms with van der Waals surface area (Å²) >= 11 is 0. The van der Waals surface area contributed by atoms with Gasteiger partial charge in [0.2, 0.25) is 5.95 Å². The Labute approximate surface area is 91.3 Å². The Kier molecular flexibility index (Phi) is 3.26. The van der Waals surface area contributed by atoms with E-state index in [4.69, 9.17) is 0 Å². The fourth-order valence-corrected chi connectivity index (χ4v) is 2.18. The van der Waals surface area contributed by atoms with E-state index in [2.05, 4.69) is 33.7 Å². The van der Waals surface area contributed by atoms with Crippen molar-refractivity contribution in [1.29, 1.82) is 0 Å². The first-order chi connectivity index (χ1) is 7.31. The number of nitrogens with one attached hydrogen (secondary N) is 1. The lowest BCUT2D eigenvalue weighted by atomic mass is 10.2. The molecule has 4 heteroatoms. The molecule has 2 rings (SSSR count). The second kappa shape index (κ2) is 4.66. The number of anilines is 1. The highest BCUT2D eigenvalue weighted by Crippen LogP contribution is 2.15. The number of aryl methyl sites for hydroxylation is 1. The van der Waals surface area contributed by atoms with Crippen molar-refractivity contribution in [3.63, 3.8) is 0 Å². The Balaban J connectivity index is 1.87. The van der Waals surface area contributed by atoms with Crippen LogP contribution in [0.15, 0.2) is 12.4 Å². The average Bonchev–Trinajstić information content (AvgIpc) is 2.83. The van der Waals surface area contributed by atoms with Crippen molar-refractivity contribution in [2.45, 2.75) is 32.4 Å². The van der Waals surface area contributed by atoms with Crippen molar-refractivity contribution >= 4 is 5.95 Å². The predicted molar refractivity (Wildman–Crippen MR) is 62.0 cm³/mol. The van der Waals surface area contributed by atoms with Crippen LogP contribution < -0.4 is 5.32 Å². The SMILES string of the molecule is CCn1ccnc1NCC1CCCN1C. The molecule has 15 heavy (non-hydrogen) atoms. The second-order valence-corrected chi connectivity index (χ2v) is 4.19. The maximum atomic E-state index is 4.31. The highest BCUT2D eigenvalue weighted by molar-refractivity contribution is 5.26. The van der Waals surface area contributed by atoms with Gasteiger partial charge in [0.15, 0.2) is 0 Å². The van der Waals surface area contributed by atoms with E-state index in [0.29, 0.717) is 6.04 Å². The van der Waals surface area contributed by atoms with Crippen LogP contribution in [0, 0.1) is 0 Å². The standard InChI is InChI=1S/C11H20N4/c1-3-15-8-6-12-11(15)13-9-10-5-4-7-14(10)2/h6,8,10H,3-5,7,9H2,1-2H3,(H,12,13). The minimum Gasteiger partial charge on any atom is -0.354 e. The number of nitrogens with zero attached hydrogens (tertiary/aromatic N) is 3. The molecule has 0 radical (unpaired) electrons. The topological polar surface area (TPSA) is 33.1 Å². The Morgan fingerprint density at radius 3 is 3.13 bits per heavy atom. The first kappa shape index (κ1) is 10.5. The molecule has 0 aliphatic carbocycles. The molecule has 0 amide bonds. The summed E-state index contributed by atoms with van der Waals surface area (Å²) < 4.78 is 2.13. The Morgan fingerprint density at radius 1 is 1.60 bits per heavy atom. The van der Waals surface area contributed by atoms with Crippen molar-refractivity contribution in [3.8, 4) is 0 Å². The number of imidazole rings is 1. The fraction of sp³-hybridized carbons (Fsp3) is 0.727. The molecule has 1 fully saturated rings. The van der Waals surface area contributed by atoms with Gasteiger partial charge in [-0.15, -0.1) is 0 Å². The number of hydrogen-bond donors (Lipinski definition) is 1. The molecule has 1 aliphatic rings. The monoisotopic (exact) mass is 208 g/mol. The van der Waals surface area contributed by atoms with Crippen LogP contribution in [0.2, 0.25) is 0 Å². The summed E-state index contributed by atoms with van der Waals surface area (Å²) in [4.78, 5) is 6.73. The highest BCUT2D eigenvalue weighted by atomic mass is 15.2. The van der Waals surface area contributed by atoms with Gasteiger partial charge in [-0.05, 0) is 33.4 Å². The van der Waals surface area contributed by atoms with Gasteiger partial charge in [0, 0.05) is 31.5 Å². The van der Waals surface area contributed by atoms with Crippen LogP contribution in [0.25, 0.3) is 0 Å². The summed E-state index contributed by atoms with van der Waals surface area (Å²) in [6, 6.07) is 0.673. The Bertz CT molecular complexity index is 307. The van der Waals surface area contributed by atoms with Crippen LogP contribution in [-0.2, 0) is 6.54 Å². The fourth-order valence-electron chi connectivity index (χ4n) is 2.18. The summed E-state index contributed by atoms with van der Waals surface area (Å²) in [5, 5.41) is 3.43. The summed E-state index contributed by atoms with van der Waals surface area (Å²) in [7, 11) is 2.20. The quantitative estimate of drug-likeness (QED) is 0.812. The molecular weight excluding hydrogens is 188 g/mol. The molecule has 84 valence electrons. The molecule has 1 aliphatic heterocycles. The molecule has 1 aromatic rings. The lowest BCUT2D eigenvalue weighted by Crippen LogP contribution is -2.32. The molecular formula is C11H20N4. The van der Waals surface area contributed by atoms with Crippen LogP contribution in [-0.4, -0.2) is 40.6 Å². The van der Waals surface area contributed by atoms with E-state index in [1.807, 2.05) is 12.4 Å². The second-order valence-electron chi connectivity index (χ2n) is 4.19. The molecule has 0 aromatic carbocycles. The summed E-state index contributed by atoms with van der Waals surface area (Å²) in [6.07, 6.45) is 6.49. The summed E-state index contributed by atoms with van der Waals surface area (Å²) in [6.45, 7) is 5.35. The molecule has 4 nitrogen and oxygen atoms in total. The van der Waals surface area contributed by atoms with Gasteiger partial charge in [0.1, 0.15) is 0 Å². The minimum absolute atomic E-state index is 0.673. The lowest BCUT2D eigenvalue weighted by Gasteiger charge is -2.20. The van der Waals surface area contributed by atoms with E-state index in [-0.39, 0.29) is 0 Å². The van der Waals surface area contributed by atoms with Gasteiger partial charge in [-0.2, -0.15) is 0 Å². The smallest absolute Gasteiger partial charge is 0.202 e. The Morgan fingerprint density at radius 2 is 2.47 bits per heavy atom. The van der Waals surface area contributed by atoms with Crippen LogP contribution in [0.1, 0.15) is 19.8 Å². The van der Waals surface area contributed by atoms with E-state index >= 15 is 0 Å². The highest BCUT2D eigenvalue weighted by Gasteiger charge is 2.20. The maximum absolute atomic E-state index is 4.31. The molecule has 1 atom stereocenters. The molecule has 0 spiro atoms. The maximum Gasteiger partial charge on any atom is 0.202 e. The van der Waals surface area contributed by atoms with Crippen LogP contribution in [0.5, 0.6) is 0 Å². The van der Waals surface area contributed by atoms with Crippen LogP contribution >= 0.6 is 0 Å². The lowest BCUT2D eigenvalue weighted by molar-refractivity contribution is 0.321. The third kappa shape index (κ3) is 2.31. The van der Waals surface area contributed by atoms with Gasteiger partial charge in [-0.25, -0.2) is 4.98 Å². The third-order valence-electron chi connectivity index (χ3n) is 3.22. The number of likely N-dealkylation sites (N-methyl/N-ethyl adjacent to an activating group) is 1. The summed E-state index contributed by atoms with van der Waals surface area (Å²) in [5.74, 6) is 0.998. The van der Waals surface area contributed by atoms with Gasteiger partial charge in [0.25, 0.3) is 0 Å². The van der Waals surface area contributed by atoms with Crippen LogP contribution in [0.4, 0.5) is 5.95 Å². The first-order valence-corrected chi connectivity index (χ1v) is 5.76. The molecule has 1 N–H and O–H groups in total. The number of rotatable bonds is 4. The normalized spacial score (nSPS) is 22.1. The number of aromatic nitrogens is 2. The van der Waals surface area contributed by atoms with Crippen LogP contribution in [0.3, 0.4) is 0 Å². The third-order valence-corrected chi connectivity index (χ3v) is 3.22. The zero-order chi connectivity index (χ0) is 10.7.